The lowest BCUT2D eigenvalue weighted by Crippen LogP contribution is -2.49. The fraction of sp³-hybridized carbons (Fsp3) is 0.682. The van der Waals surface area contributed by atoms with Gasteiger partial charge in [-0.3, -0.25) is 14.6 Å². The molecule has 2 fully saturated rings. The first kappa shape index (κ1) is 21.2. The van der Waals surface area contributed by atoms with Crippen molar-refractivity contribution < 1.29 is 13.9 Å². The van der Waals surface area contributed by atoms with Gasteiger partial charge in [-0.05, 0) is 42.9 Å². The Kier molecular flexibility index (Phi) is 7.82. The first-order chi connectivity index (χ1) is 13.5. The van der Waals surface area contributed by atoms with Gasteiger partial charge in [0, 0.05) is 38.8 Å². The van der Waals surface area contributed by atoms with Gasteiger partial charge >= 0.3 is 0 Å². The number of hydrogen-bond donors (Lipinski definition) is 1. The van der Waals surface area contributed by atoms with Crippen molar-refractivity contribution in [3.05, 3.63) is 35.6 Å². The van der Waals surface area contributed by atoms with Crippen LogP contribution in [-0.2, 0) is 16.0 Å². The maximum absolute atomic E-state index is 13.4. The van der Waals surface area contributed by atoms with Crippen LogP contribution in [0.1, 0.15) is 32.3 Å². The van der Waals surface area contributed by atoms with E-state index in [9.17, 15) is 9.18 Å². The molecule has 1 aromatic carbocycles. The smallest absolute Gasteiger partial charge is 0.234 e. The predicted molar refractivity (Wildman–Crippen MR) is 109 cm³/mol. The Bertz CT molecular complexity index is 636. The fourth-order valence-corrected chi connectivity index (χ4v) is 3.85. The van der Waals surface area contributed by atoms with Crippen molar-refractivity contribution in [2.75, 3.05) is 45.9 Å². The lowest BCUT2D eigenvalue weighted by Gasteiger charge is -2.34. The summed E-state index contributed by atoms with van der Waals surface area (Å²) in [6.07, 6.45) is 3.12. The molecule has 2 aliphatic rings. The number of ether oxygens (including phenoxy) is 1. The largest absolute Gasteiger partial charge is 0.374 e. The van der Waals surface area contributed by atoms with E-state index in [0.29, 0.717) is 25.0 Å². The number of hydrogen-bond acceptors (Lipinski definition) is 4. The van der Waals surface area contributed by atoms with Crippen LogP contribution in [0.25, 0.3) is 0 Å². The molecule has 1 amide bonds. The minimum Gasteiger partial charge on any atom is -0.374 e. The summed E-state index contributed by atoms with van der Waals surface area (Å²) in [5, 5.41) is 3.05. The van der Waals surface area contributed by atoms with E-state index in [1.165, 1.54) is 6.07 Å². The normalized spacial score (nSPS) is 20.7. The third kappa shape index (κ3) is 7.15. The molecule has 1 aliphatic carbocycles. The highest BCUT2D eigenvalue weighted by atomic mass is 19.1. The van der Waals surface area contributed by atoms with Crippen LogP contribution < -0.4 is 5.32 Å². The molecule has 0 spiro atoms. The van der Waals surface area contributed by atoms with Crippen molar-refractivity contribution in [1.82, 2.24) is 15.1 Å². The zero-order valence-corrected chi connectivity index (χ0v) is 17.2. The van der Waals surface area contributed by atoms with Crippen molar-refractivity contribution in [3.8, 4) is 0 Å². The maximum Gasteiger partial charge on any atom is 0.234 e. The van der Waals surface area contributed by atoms with Crippen LogP contribution in [0.5, 0.6) is 0 Å². The average Bonchev–Trinajstić information content (AvgIpc) is 3.48. The van der Waals surface area contributed by atoms with Crippen molar-refractivity contribution >= 4 is 5.91 Å². The minimum absolute atomic E-state index is 0.0516. The second kappa shape index (κ2) is 10.3. The second-order valence-corrected chi connectivity index (χ2v) is 8.53. The molecule has 156 valence electrons. The molecular weight excluding hydrogens is 357 g/mol. The molecule has 1 aliphatic heterocycles. The number of halogens is 1. The number of carbonyl (C=O) groups excluding carboxylic acids is 1. The Morgan fingerprint density at radius 3 is 2.93 bits per heavy atom. The molecule has 1 aromatic rings. The third-order valence-corrected chi connectivity index (χ3v) is 5.36. The van der Waals surface area contributed by atoms with Gasteiger partial charge in [-0.1, -0.05) is 26.0 Å². The van der Waals surface area contributed by atoms with Crippen LogP contribution in [0.15, 0.2) is 24.3 Å². The maximum atomic E-state index is 13.4. The fourth-order valence-electron chi connectivity index (χ4n) is 3.85. The van der Waals surface area contributed by atoms with Gasteiger partial charge in [0.25, 0.3) is 0 Å². The molecule has 1 saturated carbocycles. The van der Waals surface area contributed by atoms with Gasteiger partial charge in [0.15, 0.2) is 0 Å². The van der Waals surface area contributed by atoms with E-state index in [4.69, 9.17) is 4.74 Å². The van der Waals surface area contributed by atoms with Crippen molar-refractivity contribution in [3.63, 3.8) is 0 Å². The van der Waals surface area contributed by atoms with E-state index in [0.717, 1.165) is 57.6 Å². The lowest BCUT2D eigenvalue weighted by molar-refractivity contribution is -0.123. The van der Waals surface area contributed by atoms with Gasteiger partial charge in [-0.15, -0.1) is 0 Å². The molecule has 1 heterocycles. The number of nitrogens with one attached hydrogen (secondary N) is 1. The van der Waals surface area contributed by atoms with E-state index in [1.54, 1.807) is 12.1 Å². The monoisotopic (exact) mass is 391 g/mol. The standard InChI is InChI=1S/C22H34FN3O2/c1-17(2)14-25-10-11-28-21(15-25)13-24-22(27)16-26(20-6-7-20)9-8-18-4-3-5-19(23)12-18/h3-5,12,17,20-21H,6-11,13-16H2,1-2H3,(H,24,27). The zero-order valence-electron chi connectivity index (χ0n) is 17.2. The molecule has 1 unspecified atom stereocenters. The average molecular weight is 392 g/mol. The van der Waals surface area contributed by atoms with Gasteiger partial charge < -0.3 is 10.1 Å². The molecule has 3 rings (SSSR count). The molecule has 1 N–H and O–H groups in total. The molecule has 0 aromatic heterocycles. The Labute approximate surface area is 168 Å². The van der Waals surface area contributed by atoms with Crippen LogP contribution in [0.3, 0.4) is 0 Å². The molecule has 0 bridgehead atoms. The Balaban J connectivity index is 1.40. The van der Waals surface area contributed by atoms with Crippen LogP contribution in [0.4, 0.5) is 4.39 Å². The third-order valence-electron chi connectivity index (χ3n) is 5.36. The van der Waals surface area contributed by atoms with Crippen LogP contribution in [0.2, 0.25) is 0 Å². The van der Waals surface area contributed by atoms with E-state index in [-0.39, 0.29) is 17.8 Å². The number of carbonyl (C=O) groups is 1. The van der Waals surface area contributed by atoms with E-state index < -0.39 is 0 Å². The first-order valence-electron chi connectivity index (χ1n) is 10.6. The van der Waals surface area contributed by atoms with E-state index in [1.807, 2.05) is 6.07 Å². The van der Waals surface area contributed by atoms with Crippen LogP contribution >= 0.6 is 0 Å². The summed E-state index contributed by atoms with van der Waals surface area (Å²) < 4.78 is 19.2. The minimum atomic E-state index is -0.202. The Morgan fingerprint density at radius 2 is 2.21 bits per heavy atom. The highest BCUT2D eigenvalue weighted by Crippen LogP contribution is 2.26. The molecule has 1 atom stereocenters. The molecular formula is C22H34FN3O2. The summed E-state index contributed by atoms with van der Waals surface area (Å²) >= 11 is 0. The summed E-state index contributed by atoms with van der Waals surface area (Å²) in [7, 11) is 0. The number of rotatable bonds is 10. The molecule has 28 heavy (non-hydrogen) atoms. The van der Waals surface area contributed by atoms with Gasteiger partial charge in [-0.2, -0.15) is 0 Å². The summed E-state index contributed by atoms with van der Waals surface area (Å²) in [6, 6.07) is 7.22. The highest BCUT2D eigenvalue weighted by Gasteiger charge is 2.30. The molecule has 6 heteroatoms. The van der Waals surface area contributed by atoms with Crippen LogP contribution in [0, 0.1) is 11.7 Å². The molecule has 1 saturated heterocycles. The van der Waals surface area contributed by atoms with E-state index >= 15 is 0 Å². The summed E-state index contributed by atoms with van der Waals surface area (Å²) in [5.74, 6) is 0.487. The lowest BCUT2D eigenvalue weighted by atomic mass is 10.1. The molecule has 5 nitrogen and oxygen atoms in total. The summed E-state index contributed by atoms with van der Waals surface area (Å²) in [6.45, 7) is 9.86. The van der Waals surface area contributed by atoms with Gasteiger partial charge in [0.2, 0.25) is 5.91 Å². The van der Waals surface area contributed by atoms with Gasteiger partial charge in [0.1, 0.15) is 5.82 Å². The highest BCUT2D eigenvalue weighted by molar-refractivity contribution is 5.78. The second-order valence-electron chi connectivity index (χ2n) is 8.53. The van der Waals surface area contributed by atoms with Gasteiger partial charge in [0.05, 0.1) is 19.3 Å². The molecule has 0 radical (unpaired) electrons. The van der Waals surface area contributed by atoms with E-state index in [2.05, 4.69) is 29.0 Å². The SMILES string of the molecule is CC(C)CN1CCOC(CNC(=O)CN(CCc2cccc(F)c2)C2CC2)C1. The Hall–Kier alpha value is -1.50. The van der Waals surface area contributed by atoms with Crippen LogP contribution in [-0.4, -0.2) is 73.7 Å². The Morgan fingerprint density at radius 1 is 1.39 bits per heavy atom. The topological polar surface area (TPSA) is 44.8 Å². The first-order valence-corrected chi connectivity index (χ1v) is 10.6. The number of morpholine rings is 1. The van der Waals surface area contributed by atoms with Gasteiger partial charge in [-0.25, -0.2) is 4.39 Å². The zero-order chi connectivity index (χ0) is 19.9. The van der Waals surface area contributed by atoms with Crippen molar-refractivity contribution in [1.29, 1.82) is 0 Å². The summed E-state index contributed by atoms with van der Waals surface area (Å²) in [5.41, 5.74) is 0.979. The summed E-state index contributed by atoms with van der Waals surface area (Å²) in [4.78, 5) is 17.1. The van der Waals surface area contributed by atoms with Crippen molar-refractivity contribution in [2.45, 2.75) is 45.3 Å². The number of nitrogens with zero attached hydrogens (tertiary/aromatic N) is 2. The number of benzene rings is 1. The number of amides is 1. The van der Waals surface area contributed by atoms with Crippen molar-refractivity contribution in [2.24, 2.45) is 5.92 Å². The predicted octanol–water partition coefficient (Wildman–Crippen LogP) is 2.31. The quantitative estimate of drug-likeness (QED) is 0.665.